The van der Waals surface area contributed by atoms with Gasteiger partial charge < -0.3 is 15.5 Å². The third kappa shape index (κ3) is 4.55. The van der Waals surface area contributed by atoms with Crippen molar-refractivity contribution < 1.29 is 14.4 Å². The molecule has 1 fully saturated rings. The molecule has 0 spiro atoms. The van der Waals surface area contributed by atoms with Crippen molar-refractivity contribution >= 4 is 17.7 Å². The highest BCUT2D eigenvalue weighted by Gasteiger charge is 2.20. The molecule has 0 radical (unpaired) electrons. The number of carbonyl (C=O) groups excluding carboxylic acids is 3. The van der Waals surface area contributed by atoms with E-state index in [1.54, 1.807) is 19.1 Å². The zero-order valence-corrected chi connectivity index (χ0v) is 13.6. The molecule has 2 N–H and O–H groups in total. The molecule has 1 atom stereocenters. The van der Waals surface area contributed by atoms with Crippen molar-refractivity contribution in [2.45, 2.75) is 39.3 Å². The Balaban J connectivity index is 1.92. The van der Waals surface area contributed by atoms with Crippen molar-refractivity contribution in [3.8, 4) is 0 Å². The fourth-order valence-electron chi connectivity index (χ4n) is 2.53. The van der Waals surface area contributed by atoms with E-state index in [1.165, 1.54) is 0 Å². The maximum Gasteiger partial charge on any atom is 0.251 e. The Morgan fingerprint density at radius 2 is 1.96 bits per heavy atom. The first-order chi connectivity index (χ1) is 11.0. The number of hydrogen-bond donors (Lipinski definition) is 2. The Bertz CT molecular complexity index is 583. The van der Waals surface area contributed by atoms with Gasteiger partial charge in [0.2, 0.25) is 11.8 Å². The minimum absolute atomic E-state index is 0.183. The normalized spacial score (nSPS) is 15.4. The molecule has 6 nitrogen and oxygen atoms in total. The van der Waals surface area contributed by atoms with Gasteiger partial charge in [-0.1, -0.05) is 12.1 Å². The summed E-state index contributed by atoms with van der Waals surface area (Å²) in [6.07, 6.45) is 1.54. The molecule has 1 unspecified atom stereocenters. The van der Waals surface area contributed by atoms with Crippen LogP contribution in [0.1, 0.15) is 42.6 Å². The number of benzene rings is 1. The van der Waals surface area contributed by atoms with Crippen LogP contribution in [0.4, 0.5) is 0 Å². The van der Waals surface area contributed by atoms with Gasteiger partial charge >= 0.3 is 0 Å². The Kier molecular flexibility index (Phi) is 5.73. The van der Waals surface area contributed by atoms with Gasteiger partial charge in [0.05, 0.1) is 0 Å². The average Bonchev–Trinajstić information content (AvgIpc) is 2.93. The lowest BCUT2D eigenvalue weighted by molar-refractivity contribution is -0.128. The Morgan fingerprint density at radius 3 is 2.52 bits per heavy atom. The number of hydrogen-bond acceptors (Lipinski definition) is 3. The maximum atomic E-state index is 12.1. The molecular formula is C17H23N3O3. The topological polar surface area (TPSA) is 78.5 Å². The average molecular weight is 317 g/mol. The molecular weight excluding hydrogens is 294 g/mol. The molecule has 6 heteroatoms. The van der Waals surface area contributed by atoms with Crippen molar-refractivity contribution in [1.29, 1.82) is 0 Å². The first-order valence-corrected chi connectivity index (χ1v) is 7.96. The summed E-state index contributed by atoms with van der Waals surface area (Å²) in [6.45, 7) is 5.39. The van der Waals surface area contributed by atoms with Crippen LogP contribution in [0.3, 0.4) is 0 Å². The number of nitrogens with zero attached hydrogens (tertiary/aromatic N) is 1. The number of likely N-dealkylation sites (tertiary alicyclic amines) is 1. The monoisotopic (exact) mass is 317 g/mol. The largest absolute Gasteiger partial charge is 0.355 e. The van der Waals surface area contributed by atoms with Crippen LogP contribution >= 0.6 is 0 Å². The van der Waals surface area contributed by atoms with Crippen LogP contribution in [0, 0.1) is 0 Å². The van der Waals surface area contributed by atoms with Crippen LogP contribution in [0.25, 0.3) is 0 Å². The number of nitrogens with one attached hydrogen (secondary N) is 2. The number of likely N-dealkylation sites (N-methyl/N-ethyl adjacent to an activating group) is 1. The fraction of sp³-hybridized carbons (Fsp3) is 0.471. The first-order valence-electron chi connectivity index (χ1n) is 7.96. The van der Waals surface area contributed by atoms with E-state index in [9.17, 15) is 14.4 Å². The molecule has 1 aromatic carbocycles. The molecule has 1 aliphatic heterocycles. The molecule has 0 aliphatic carbocycles. The minimum atomic E-state index is -0.579. The highest BCUT2D eigenvalue weighted by atomic mass is 16.2. The molecule has 1 aromatic rings. The summed E-state index contributed by atoms with van der Waals surface area (Å²) in [4.78, 5) is 37.2. The SMILES string of the molecule is CCNC(=O)C(C)NC(=O)c1ccc(CN2CCCC2=O)cc1. The molecule has 0 bridgehead atoms. The second kappa shape index (κ2) is 7.76. The lowest BCUT2D eigenvalue weighted by atomic mass is 10.1. The van der Waals surface area contributed by atoms with Gasteiger partial charge in [-0.25, -0.2) is 0 Å². The summed E-state index contributed by atoms with van der Waals surface area (Å²) in [5, 5.41) is 5.33. The predicted molar refractivity (Wildman–Crippen MR) is 86.7 cm³/mol. The van der Waals surface area contributed by atoms with E-state index in [0.717, 1.165) is 18.5 Å². The number of amides is 3. The zero-order chi connectivity index (χ0) is 16.8. The van der Waals surface area contributed by atoms with Gasteiger partial charge in [0, 0.05) is 31.6 Å². The zero-order valence-electron chi connectivity index (χ0n) is 13.6. The van der Waals surface area contributed by atoms with Crippen LogP contribution < -0.4 is 10.6 Å². The minimum Gasteiger partial charge on any atom is -0.355 e. The molecule has 1 heterocycles. The lowest BCUT2D eigenvalue weighted by Crippen LogP contribution is -2.44. The van der Waals surface area contributed by atoms with Gasteiger partial charge in [0.15, 0.2) is 0 Å². The standard InChI is InChI=1S/C17H23N3O3/c1-3-18-16(22)12(2)19-17(23)14-8-6-13(7-9-14)11-20-10-4-5-15(20)21/h6-9,12H,3-5,10-11H2,1-2H3,(H,18,22)(H,19,23). The summed E-state index contributed by atoms with van der Waals surface area (Å²) < 4.78 is 0. The lowest BCUT2D eigenvalue weighted by Gasteiger charge is -2.16. The van der Waals surface area contributed by atoms with Crippen LogP contribution in [-0.4, -0.2) is 41.8 Å². The van der Waals surface area contributed by atoms with Crippen molar-refractivity contribution in [3.63, 3.8) is 0 Å². The summed E-state index contributed by atoms with van der Waals surface area (Å²) in [7, 11) is 0. The molecule has 0 aromatic heterocycles. The molecule has 23 heavy (non-hydrogen) atoms. The van der Waals surface area contributed by atoms with E-state index in [4.69, 9.17) is 0 Å². The second-order valence-corrected chi connectivity index (χ2v) is 5.71. The van der Waals surface area contributed by atoms with Gasteiger partial charge in [0.1, 0.15) is 6.04 Å². The van der Waals surface area contributed by atoms with Crippen molar-refractivity contribution in [3.05, 3.63) is 35.4 Å². The molecule has 0 saturated carbocycles. The third-order valence-corrected chi connectivity index (χ3v) is 3.85. The molecule has 2 rings (SSSR count). The molecule has 124 valence electrons. The Hall–Kier alpha value is -2.37. The van der Waals surface area contributed by atoms with Gasteiger partial charge in [-0.2, -0.15) is 0 Å². The van der Waals surface area contributed by atoms with E-state index < -0.39 is 6.04 Å². The summed E-state index contributed by atoms with van der Waals surface area (Å²) in [5.74, 6) is -0.305. The Morgan fingerprint density at radius 1 is 1.26 bits per heavy atom. The van der Waals surface area contributed by atoms with Gasteiger partial charge in [0.25, 0.3) is 5.91 Å². The highest BCUT2D eigenvalue weighted by molar-refractivity contribution is 5.97. The molecule has 1 aliphatic rings. The number of carbonyl (C=O) groups is 3. The third-order valence-electron chi connectivity index (χ3n) is 3.85. The number of rotatable bonds is 6. The molecule has 1 saturated heterocycles. The van der Waals surface area contributed by atoms with Gasteiger partial charge in [-0.05, 0) is 38.0 Å². The van der Waals surface area contributed by atoms with Crippen LogP contribution in [0.15, 0.2) is 24.3 Å². The van der Waals surface area contributed by atoms with Crippen molar-refractivity contribution in [1.82, 2.24) is 15.5 Å². The van der Waals surface area contributed by atoms with E-state index in [1.807, 2.05) is 24.0 Å². The van der Waals surface area contributed by atoms with E-state index in [2.05, 4.69) is 10.6 Å². The van der Waals surface area contributed by atoms with Crippen molar-refractivity contribution in [2.24, 2.45) is 0 Å². The summed E-state index contributed by atoms with van der Waals surface area (Å²) in [6, 6.07) is 6.55. The second-order valence-electron chi connectivity index (χ2n) is 5.71. The quantitative estimate of drug-likeness (QED) is 0.823. The summed E-state index contributed by atoms with van der Waals surface area (Å²) >= 11 is 0. The van der Waals surface area contributed by atoms with Gasteiger partial charge in [-0.3, -0.25) is 14.4 Å². The van der Waals surface area contributed by atoms with Crippen LogP contribution in [0.2, 0.25) is 0 Å². The van der Waals surface area contributed by atoms with E-state index >= 15 is 0 Å². The van der Waals surface area contributed by atoms with Crippen LogP contribution in [-0.2, 0) is 16.1 Å². The van der Waals surface area contributed by atoms with E-state index in [-0.39, 0.29) is 17.7 Å². The first kappa shape index (κ1) is 17.0. The van der Waals surface area contributed by atoms with Gasteiger partial charge in [-0.15, -0.1) is 0 Å². The predicted octanol–water partition coefficient (Wildman–Crippen LogP) is 1.06. The molecule has 3 amide bonds. The maximum absolute atomic E-state index is 12.1. The fourth-order valence-corrected chi connectivity index (χ4v) is 2.53. The summed E-state index contributed by atoms with van der Waals surface area (Å²) in [5.41, 5.74) is 1.49. The highest BCUT2D eigenvalue weighted by Crippen LogP contribution is 2.14. The van der Waals surface area contributed by atoms with Crippen LogP contribution in [0.5, 0.6) is 0 Å². The van der Waals surface area contributed by atoms with Crippen molar-refractivity contribution in [2.75, 3.05) is 13.1 Å². The Labute approximate surface area is 136 Å². The van der Waals surface area contributed by atoms with E-state index in [0.29, 0.717) is 25.1 Å². The smallest absolute Gasteiger partial charge is 0.251 e.